The molecule has 0 spiro atoms. The maximum atomic E-state index is 6.20. The van der Waals surface area contributed by atoms with E-state index in [2.05, 4.69) is 20.5 Å². The minimum absolute atomic E-state index is 0.288. The number of methoxy groups -OCH3 is 3. The second-order valence-corrected chi connectivity index (χ2v) is 7.77. The number of hydrogen-bond acceptors (Lipinski definition) is 5. The molecule has 0 saturated carbocycles. The van der Waals surface area contributed by atoms with E-state index in [-0.39, 0.29) is 6.04 Å². The minimum Gasteiger partial charge on any atom is -0.495 e. The molecule has 0 aromatic heterocycles. The van der Waals surface area contributed by atoms with Gasteiger partial charge in [0, 0.05) is 37.7 Å². The molecule has 7 nitrogen and oxygen atoms in total. The number of rotatable bonds is 8. The summed E-state index contributed by atoms with van der Waals surface area (Å²) in [5, 5.41) is 7.63. The van der Waals surface area contributed by atoms with Gasteiger partial charge in [-0.15, -0.1) is 0 Å². The molecule has 31 heavy (non-hydrogen) atoms. The maximum absolute atomic E-state index is 6.20. The van der Waals surface area contributed by atoms with Crippen molar-refractivity contribution in [1.82, 2.24) is 10.6 Å². The number of anilines is 1. The molecular weight excluding hydrogens is 416 g/mol. The van der Waals surface area contributed by atoms with Gasteiger partial charge in [0.2, 0.25) is 0 Å². The molecule has 1 saturated heterocycles. The van der Waals surface area contributed by atoms with Gasteiger partial charge in [-0.3, -0.25) is 4.99 Å². The second kappa shape index (κ2) is 11.0. The van der Waals surface area contributed by atoms with Gasteiger partial charge in [-0.1, -0.05) is 17.7 Å². The largest absolute Gasteiger partial charge is 0.495 e. The van der Waals surface area contributed by atoms with E-state index in [4.69, 9.17) is 25.8 Å². The van der Waals surface area contributed by atoms with Crippen molar-refractivity contribution >= 4 is 23.2 Å². The number of nitrogens with zero attached hydrogens (tertiary/aromatic N) is 2. The predicted octanol–water partition coefficient (Wildman–Crippen LogP) is 3.35. The van der Waals surface area contributed by atoms with E-state index in [0.29, 0.717) is 5.02 Å². The molecule has 1 aliphatic rings. The van der Waals surface area contributed by atoms with Crippen molar-refractivity contribution in [3.63, 3.8) is 0 Å². The second-order valence-electron chi connectivity index (χ2n) is 7.33. The van der Waals surface area contributed by atoms with E-state index in [1.165, 1.54) is 5.56 Å². The Labute approximate surface area is 189 Å². The van der Waals surface area contributed by atoms with E-state index in [9.17, 15) is 0 Å². The third-order valence-electron chi connectivity index (χ3n) is 5.39. The number of hydrogen-bond donors (Lipinski definition) is 2. The molecule has 2 aromatic carbocycles. The molecule has 0 amide bonds. The lowest BCUT2D eigenvalue weighted by Gasteiger charge is -2.22. The molecule has 1 fully saturated rings. The first-order valence-corrected chi connectivity index (χ1v) is 10.7. The molecule has 1 atom stereocenters. The monoisotopic (exact) mass is 446 g/mol. The Hall–Kier alpha value is -2.80. The van der Waals surface area contributed by atoms with Crippen LogP contribution in [-0.4, -0.2) is 60.0 Å². The fourth-order valence-corrected chi connectivity index (χ4v) is 3.92. The van der Waals surface area contributed by atoms with Crippen LogP contribution in [0.4, 0.5) is 5.69 Å². The molecular formula is C23H31ClN4O3. The van der Waals surface area contributed by atoms with Gasteiger partial charge >= 0.3 is 0 Å². The molecule has 2 N–H and O–H groups in total. The third-order valence-corrected chi connectivity index (χ3v) is 5.62. The van der Waals surface area contributed by atoms with Gasteiger partial charge in [-0.2, -0.15) is 0 Å². The van der Waals surface area contributed by atoms with Crippen LogP contribution in [0.5, 0.6) is 17.2 Å². The standard InChI is InChI=1S/C23H31ClN4O3/c1-25-23(26-11-9-16-5-7-21(30-3)22(13-16)31-4)27-18-10-12-28(15-18)19-14-17(24)6-8-20(19)29-2/h5-8,13-14,18H,9-12,15H2,1-4H3,(H2,25,26,27). The molecule has 0 aliphatic carbocycles. The molecule has 1 aliphatic heterocycles. The highest BCUT2D eigenvalue weighted by atomic mass is 35.5. The van der Waals surface area contributed by atoms with Crippen LogP contribution < -0.4 is 29.7 Å². The Bertz CT molecular complexity index is 906. The quantitative estimate of drug-likeness (QED) is 0.479. The zero-order chi connectivity index (χ0) is 22.2. The lowest BCUT2D eigenvalue weighted by atomic mass is 10.1. The highest BCUT2D eigenvalue weighted by Crippen LogP contribution is 2.33. The van der Waals surface area contributed by atoms with Crippen molar-refractivity contribution in [3.8, 4) is 17.2 Å². The summed E-state index contributed by atoms with van der Waals surface area (Å²) in [6.07, 6.45) is 1.85. The molecule has 8 heteroatoms. The molecule has 1 unspecified atom stereocenters. The van der Waals surface area contributed by atoms with Crippen LogP contribution in [0.3, 0.4) is 0 Å². The highest BCUT2D eigenvalue weighted by molar-refractivity contribution is 6.30. The fourth-order valence-electron chi connectivity index (χ4n) is 3.76. The van der Waals surface area contributed by atoms with E-state index in [1.54, 1.807) is 28.4 Å². The topological polar surface area (TPSA) is 67.4 Å². The van der Waals surface area contributed by atoms with Crippen LogP contribution in [0.15, 0.2) is 41.4 Å². The Morgan fingerprint density at radius 1 is 1.06 bits per heavy atom. The first-order valence-electron chi connectivity index (χ1n) is 10.3. The van der Waals surface area contributed by atoms with Crippen molar-refractivity contribution < 1.29 is 14.2 Å². The Balaban J connectivity index is 1.51. The lowest BCUT2D eigenvalue weighted by molar-refractivity contribution is 0.354. The number of guanidine groups is 1. The van der Waals surface area contributed by atoms with E-state index in [1.807, 2.05) is 36.4 Å². The summed E-state index contributed by atoms with van der Waals surface area (Å²) in [7, 11) is 6.76. The number of benzene rings is 2. The summed E-state index contributed by atoms with van der Waals surface area (Å²) in [4.78, 5) is 6.67. The van der Waals surface area contributed by atoms with Gasteiger partial charge in [-0.25, -0.2) is 0 Å². The number of nitrogens with one attached hydrogen (secondary N) is 2. The summed E-state index contributed by atoms with van der Waals surface area (Å²) in [6, 6.07) is 12.0. The molecule has 0 bridgehead atoms. The molecule has 1 heterocycles. The van der Waals surface area contributed by atoms with Crippen LogP contribution in [0.25, 0.3) is 0 Å². The summed E-state index contributed by atoms with van der Waals surface area (Å²) in [5.74, 6) is 3.11. The van der Waals surface area contributed by atoms with Crippen LogP contribution in [0.2, 0.25) is 5.02 Å². The van der Waals surface area contributed by atoms with Crippen molar-refractivity contribution in [2.75, 3.05) is 52.9 Å². The number of halogens is 1. The van der Waals surface area contributed by atoms with Gasteiger partial charge in [0.25, 0.3) is 0 Å². The van der Waals surface area contributed by atoms with Crippen LogP contribution in [-0.2, 0) is 6.42 Å². The van der Waals surface area contributed by atoms with Gasteiger partial charge in [0.05, 0.1) is 27.0 Å². The van der Waals surface area contributed by atoms with Gasteiger partial charge in [0.1, 0.15) is 5.75 Å². The zero-order valence-electron chi connectivity index (χ0n) is 18.6. The smallest absolute Gasteiger partial charge is 0.191 e. The molecule has 168 valence electrons. The van der Waals surface area contributed by atoms with Crippen LogP contribution in [0.1, 0.15) is 12.0 Å². The van der Waals surface area contributed by atoms with Crippen molar-refractivity contribution in [3.05, 3.63) is 47.0 Å². The third kappa shape index (κ3) is 5.88. The molecule has 3 rings (SSSR count). The Morgan fingerprint density at radius 2 is 1.81 bits per heavy atom. The lowest BCUT2D eigenvalue weighted by Crippen LogP contribution is -2.45. The SMILES string of the molecule is CN=C(NCCc1ccc(OC)c(OC)c1)NC1CCN(c2cc(Cl)ccc2OC)C1. The van der Waals surface area contributed by atoms with Crippen LogP contribution >= 0.6 is 11.6 Å². The van der Waals surface area contributed by atoms with Crippen molar-refractivity contribution in [2.45, 2.75) is 18.9 Å². The average molecular weight is 447 g/mol. The number of ether oxygens (including phenoxy) is 3. The van der Waals surface area contributed by atoms with Gasteiger partial charge in [0.15, 0.2) is 17.5 Å². The summed E-state index contributed by atoms with van der Waals surface area (Å²) in [6.45, 7) is 2.54. The van der Waals surface area contributed by atoms with E-state index < -0.39 is 0 Å². The van der Waals surface area contributed by atoms with Crippen molar-refractivity contribution in [2.24, 2.45) is 4.99 Å². The first kappa shape index (κ1) is 22.9. The molecule has 0 radical (unpaired) electrons. The maximum Gasteiger partial charge on any atom is 0.191 e. The Kier molecular flexibility index (Phi) is 8.12. The summed E-state index contributed by atoms with van der Waals surface area (Å²) in [5.41, 5.74) is 2.19. The van der Waals surface area contributed by atoms with Gasteiger partial charge in [-0.05, 0) is 48.7 Å². The van der Waals surface area contributed by atoms with E-state index >= 15 is 0 Å². The fraction of sp³-hybridized carbons (Fsp3) is 0.435. The summed E-state index contributed by atoms with van der Waals surface area (Å²) >= 11 is 6.20. The predicted molar refractivity (Wildman–Crippen MR) is 126 cm³/mol. The number of aliphatic imine (C=N–C) groups is 1. The van der Waals surface area contributed by atoms with E-state index in [0.717, 1.165) is 61.4 Å². The zero-order valence-corrected chi connectivity index (χ0v) is 19.3. The summed E-state index contributed by atoms with van der Waals surface area (Å²) < 4.78 is 16.2. The van der Waals surface area contributed by atoms with Crippen molar-refractivity contribution in [1.29, 1.82) is 0 Å². The minimum atomic E-state index is 0.288. The van der Waals surface area contributed by atoms with Crippen LogP contribution in [0, 0.1) is 0 Å². The molecule has 2 aromatic rings. The first-order chi connectivity index (χ1) is 15.1. The van der Waals surface area contributed by atoms with Gasteiger partial charge < -0.3 is 29.7 Å². The normalized spacial score (nSPS) is 16.2. The average Bonchev–Trinajstić information content (AvgIpc) is 3.26. The highest BCUT2D eigenvalue weighted by Gasteiger charge is 2.25. The Morgan fingerprint density at radius 3 is 2.52 bits per heavy atom.